The molecule has 3 unspecified atom stereocenters. The van der Waals surface area contributed by atoms with Gasteiger partial charge in [-0.1, -0.05) is 46.1 Å². The Labute approximate surface area is 121 Å². The summed E-state index contributed by atoms with van der Waals surface area (Å²) >= 11 is 0. The van der Waals surface area contributed by atoms with Crippen LogP contribution in [0.15, 0.2) is 12.7 Å². The number of allylic oxidation sites excluding steroid dienone is 1. The minimum atomic E-state index is 0.627. The molecule has 1 nitrogen and oxygen atoms in total. The van der Waals surface area contributed by atoms with Crippen molar-refractivity contribution in [3.63, 3.8) is 0 Å². The second-order valence-corrected chi connectivity index (χ2v) is 6.77. The Morgan fingerprint density at radius 2 is 2.00 bits per heavy atom. The van der Waals surface area contributed by atoms with Crippen molar-refractivity contribution in [3.05, 3.63) is 12.7 Å². The fourth-order valence-corrected chi connectivity index (χ4v) is 3.63. The van der Waals surface area contributed by atoms with Gasteiger partial charge in [0, 0.05) is 6.04 Å². The number of rotatable bonds is 9. The molecule has 0 radical (unpaired) electrons. The number of unbranched alkanes of at least 4 members (excludes halogenated alkanes) is 1. The van der Waals surface area contributed by atoms with Crippen LogP contribution in [0.2, 0.25) is 0 Å². The molecule has 1 aliphatic carbocycles. The maximum atomic E-state index is 3.85. The van der Waals surface area contributed by atoms with Gasteiger partial charge in [-0.15, -0.1) is 6.58 Å². The van der Waals surface area contributed by atoms with Crippen LogP contribution in [0, 0.1) is 17.8 Å². The van der Waals surface area contributed by atoms with E-state index in [0.717, 1.165) is 17.8 Å². The number of hydrogen-bond donors (Lipinski definition) is 1. The van der Waals surface area contributed by atoms with Crippen molar-refractivity contribution >= 4 is 0 Å². The minimum Gasteiger partial charge on any atom is -0.314 e. The lowest BCUT2D eigenvalue weighted by Gasteiger charge is -2.37. The largest absolute Gasteiger partial charge is 0.314 e. The Bertz CT molecular complexity index is 234. The molecule has 0 bridgehead atoms. The summed E-state index contributed by atoms with van der Waals surface area (Å²) in [7, 11) is 0. The van der Waals surface area contributed by atoms with Gasteiger partial charge in [0.1, 0.15) is 0 Å². The summed E-state index contributed by atoms with van der Waals surface area (Å²) < 4.78 is 0. The first kappa shape index (κ1) is 16.8. The third-order valence-corrected chi connectivity index (χ3v) is 4.72. The van der Waals surface area contributed by atoms with Gasteiger partial charge in [-0.05, 0) is 56.4 Å². The minimum absolute atomic E-state index is 0.627. The van der Waals surface area contributed by atoms with E-state index in [1.807, 2.05) is 0 Å². The van der Waals surface area contributed by atoms with Crippen molar-refractivity contribution in [1.29, 1.82) is 0 Å². The van der Waals surface area contributed by atoms with E-state index in [9.17, 15) is 0 Å². The number of hydrogen-bond acceptors (Lipinski definition) is 1. The van der Waals surface area contributed by atoms with Gasteiger partial charge in [0.2, 0.25) is 0 Å². The summed E-state index contributed by atoms with van der Waals surface area (Å²) in [6.45, 7) is 11.9. The molecule has 1 heteroatoms. The molecule has 0 heterocycles. The first-order chi connectivity index (χ1) is 9.17. The van der Waals surface area contributed by atoms with Gasteiger partial charge >= 0.3 is 0 Å². The summed E-state index contributed by atoms with van der Waals surface area (Å²) in [5.74, 6) is 2.88. The Kier molecular flexibility index (Phi) is 8.45. The van der Waals surface area contributed by atoms with Crippen LogP contribution in [0.1, 0.15) is 72.1 Å². The highest BCUT2D eigenvalue weighted by Gasteiger charge is 2.29. The van der Waals surface area contributed by atoms with Gasteiger partial charge in [-0.25, -0.2) is 0 Å². The molecule has 0 aromatic rings. The zero-order valence-corrected chi connectivity index (χ0v) is 13.5. The Morgan fingerprint density at radius 3 is 2.63 bits per heavy atom. The molecule has 0 amide bonds. The van der Waals surface area contributed by atoms with Crippen LogP contribution in [0.3, 0.4) is 0 Å². The third kappa shape index (κ3) is 6.61. The fourth-order valence-electron chi connectivity index (χ4n) is 3.63. The van der Waals surface area contributed by atoms with Gasteiger partial charge in [-0.2, -0.15) is 0 Å². The van der Waals surface area contributed by atoms with Crippen LogP contribution in [0.25, 0.3) is 0 Å². The fraction of sp³-hybridized carbons (Fsp3) is 0.889. The lowest BCUT2D eigenvalue weighted by molar-refractivity contribution is 0.155. The summed E-state index contributed by atoms with van der Waals surface area (Å²) in [5, 5.41) is 3.66. The first-order valence-corrected chi connectivity index (χ1v) is 8.51. The van der Waals surface area contributed by atoms with E-state index >= 15 is 0 Å². The number of nitrogens with one attached hydrogen (secondary N) is 1. The maximum Gasteiger partial charge on any atom is 0.00104 e. The van der Waals surface area contributed by atoms with E-state index < -0.39 is 0 Å². The first-order valence-electron chi connectivity index (χ1n) is 8.51. The summed E-state index contributed by atoms with van der Waals surface area (Å²) in [4.78, 5) is 0. The molecular weight excluding hydrogens is 230 g/mol. The summed E-state index contributed by atoms with van der Waals surface area (Å²) in [5.41, 5.74) is 0. The predicted octanol–water partition coefficient (Wildman–Crippen LogP) is 5.17. The molecule has 1 N–H and O–H groups in total. The van der Waals surface area contributed by atoms with Gasteiger partial charge in [0.15, 0.2) is 0 Å². The molecule has 1 aliphatic rings. The highest BCUT2D eigenvalue weighted by atomic mass is 14.9. The lowest BCUT2D eigenvalue weighted by Crippen LogP contribution is -2.36. The van der Waals surface area contributed by atoms with Crippen molar-refractivity contribution in [3.8, 4) is 0 Å². The Hall–Kier alpha value is -0.300. The molecule has 19 heavy (non-hydrogen) atoms. The molecule has 1 fully saturated rings. The molecule has 0 saturated heterocycles. The molecule has 0 aliphatic heterocycles. The molecule has 1 saturated carbocycles. The van der Waals surface area contributed by atoms with Crippen molar-refractivity contribution in [2.45, 2.75) is 78.2 Å². The Balaban J connectivity index is 2.44. The average Bonchev–Trinajstić information content (AvgIpc) is 2.38. The van der Waals surface area contributed by atoms with Crippen LogP contribution >= 0.6 is 0 Å². The maximum absolute atomic E-state index is 3.85. The molecule has 3 atom stereocenters. The smallest absolute Gasteiger partial charge is 0.00104 e. The van der Waals surface area contributed by atoms with Crippen molar-refractivity contribution in [1.82, 2.24) is 5.32 Å². The van der Waals surface area contributed by atoms with E-state index in [-0.39, 0.29) is 0 Å². The monoisotopic (exact) mass is 265 g/mol. The van der Waals surface area contributed by atoms with Crippen LogP contribution in [-0.4, -0.2) is 12.6 Å². The van der Waals surface area contributed by atoms with Crippen molar-refractivity contribution < 1.29 is 0 Å². The van der Waals surface area contributed by atoms with Crippen LogP contribution in [0.5, 0.6) is 0 Å². The van der Waals surface area contributed by atoms with E-state index in [2.05, 4.69) is 38.7 Å². The Morgan fingerprint density at radius 1 is 1.21 bits per heavy atom. The molecule has 0 spiro atoms. The van der Waals surface area contributed by atoms with E-state index in [0.29, 0.717) is 6.04 Å². The highest BCUT2D eigenvalue weighted by Crippen LogP contribution is 2.38. The van der Waals surface area contributed by atoms with Gasteiger partial charge < -0.3 is 5.32 Å². The quantitative estimate of drug-likeness (QED) is 0.448. The predicted molar refractivity (Wildman–Crippen MR) is 86.4 cm³/mol. The van der Waals surface area contributed by atoms with Crippen LogP contribution in [0.4, 0.5) is 0 Å². The zero-order chi connectivity index (χ0) is 14.1. The zero-order valence-electron chi connectivity index (χ0n) is 13.5. The normalized spacial score (nSPS) is 27.7. The van der Waals surface area contributed by atoms with E-state index in [4.69, 9.17) is 0 Å². The standard InChI is InChI=1S/C18H35N/c1-5-7-8-10-17-13-16(9-6-2)11-12-18(17)14-19-15(3)4/h5,15-19H,1,6-14H2,2-4H3. The average molecular weight is 265 g/mol. The van der Waals surface area contributed by atoms with Crippen molar-refractivity contribution in [2.75, 3.05) is 6.54 Å². The molecule has 112 valence electrons. The molecule has 0 aromatic carbocycles. The van der Waals surface area contributed by atoms with E-state index in [1.165, 1.54) is 57.9 Å². The molecule has 1 rings (SSSR count). The lowest BCUT2D eigenvalue weighted by atomic mass is 9.71. The van der Waals surface area contributed by atoms with E-state index in [1.54, 1.807) is 0 Å². The summed E-state index contributed by atoms with van der Waals surface area (Å²) in [6, 6.07) is 0.627. The van der Waals surface area contributed by atoms with Gasteiger partial charge in [0.05, 0.1) is 0 Å². The van der Waals surface area contributed by atoms with Crippen LogP contribution < -0.4 is 5.32 Å². The highest BCUT2D eigenvalue weighted by molar-refractivity contribution is 4.82. The van der Waals surface area contributed by atoms with Crippen LogP contribution in [-0.2, 0) is 0 Å². The second kappa shape index (κ2) is 9.58. The third-order valence-electron chi connectivity index (χ3n) is 4.72. The second-order valence-electron chi connectivity index (χ2n) is 6.77. The van der Waals surface area contributed by atoms with Crippen molar-refractivity contribution in [2.24, 2.45) is 17.8 Å². The van der Waals surface area contributed by atoms with Gasteiger partial charge in [-0.3, -0.25) is 0 Å². The SMILES string of the molecule is C=CCCCC1CC(CCC)CCC1CNC(C)C. The van der Waals surface area contributed by atoms with Gasteiger partial charge in [0.25, 0.3) is 0 Å². The summed E-state index contributed by atoms with van der Waals surface area (Å²) in [6.07, 6.45) is 13.2. The molecule has 0 aromatic heterocycles. The topological polar surface area (TPSA) is 12.0 Å². The molecular formula is C18H35N.